The van der Waals surface area contributed by atoms with Gasteiger partial charge in [-0.3, -0.25) is 9.36 Å². The van der Waals surface area contributed by atoms with Crippen LogP contribution in [0, 0.1) is 0 Å². The molecule has 0 bridgehead atoms. The van der Waals surface area contributed by atoms with E-state index in [4.69, 9.17) is 9.05 Å². The number of allylic oxidation sites excluding steroid dienone is 2. The molecule has 1 amide bonds. The Balaban J connectivity index is 4.17. The summed E-state index contributed by atoms with van der Waals surface area (Å²) < 4.78 is 23.4. The highest BCUT2D eigenvalue weighted by Crippen LogP contribution is 2.38. The Morgan fingerprint density at radius 3 is 1.24 bits per heavy atom. The Morgan fingerprint density at radius 1 is 0.540 bits per heavy atom. The first kappa shape index (κ1) is 62.2. The average molecular weight is 913 g/mol. The molecule has 0 saturated carbocycles. The number of hydrogen-bond acceptors (Lipinski definition) is 6. The Labute approximate surface area is 392 Å². The van der Waals surface area contributed by atoms with Crippen LogP contribution < -0.4 is 10.2 Å². The third kappa shape index (κ3) is 49.0. The van der Waals surface area contributed by atoms with Crippen LogP contribution in [-0.4, -0.2) is 68.5 Å². The van der Waals surface area contributed by atoms with E-state index >= 15 is 0 Å². The van der Waals surface area contributed by atoms with Gasteiger partial charge < -0.3 is 28.8 Å². The van der Waals surface area contributed by atoms with Gasteiger partial charge in [-0.15, -0.1) is 0 Å². The SMILES string of the molecule is CCCCCCCC/C=C\CCCCCCCCCC(=O)NC(COP(=O)([O-])OCC[N+](C)(C)C)C(O)CCCCCCCCCCCCCCCCCCCCCCCCCC. The van der Waals surface area contributed by atoms with Gasteiger partial charge in [0.05, 0.1) is 39.9 Å². The van der Waals surface area contributed by atoms with Crippen molar-refractivity contribution in [1.29, 1.82) is 0 Å². The molecule has 0 aromatic rings. The second-order valence-corrected chi connectivity index (χ2v) is 21.7. The van der Waals surface area contributed by atoms with Crippen molar-refractivity contribution in [3.8, 4) is 0 Å². The minimum atomic E-state index is -4.57. The van der Waals surface area contributed by atoms with Gasteiger partial charge in [-0.05, 0) is 38.5 Å². The maximum absolute atomic E-state index is 12.9. The lowest BCUT2D eigenvalue weighted by atomic mass is 10.0. The first-order chi connectivity index (χ1) is 30.5. The number of nitrogens with one attached hydrogen (secondary N) is 1. The second kappa shape index (κ2) is 46.4. The van der Waals surface area contributed by atoms with Crippen molar-refractivity contribution < 1.29 is 32.9 Å². The minimum Gasteiger partial charge on any atom is -0.756 e. The number of hydrogen-bond donors (Lipinski definition) is 2. The number of amides is 1. The molecule has 0 aromatic carbocycles. The van der Waals surface area contributed by atoms with Gasteiger partial charge in [-0.1, -0.05) is 244 Å². The highest BCUT2D eigenvalue weighted by molar-refractivity contribution is 7.45. The third-order valence-electron chi connectivity index (χ3n) is 12.8. The molecule has 0 aliphatic heterocycles. The number of carbonyl (C=O) groups is 1. The van der Waals surface area contributed by atoms with Crippen molar-refractivity contribution in [3.63, 3.8) is 0 Å². The summed E-state index contributed by atoms with van der Waals surface area (Å²) in [6.45, 7) is 4.75. The fraction of sp³-hybridized carbons (Fsp3) is 0.944. The van der Waals surface area contributed by atoms with Crippen LogP contribution >= 0.6 is 7.82 Å². The number of quaternary nitrogens is 1. The number of carbonyl (C=O) groups excluding carboxylic acids is 1. The van der Waals surface area contributed by atoms with E-state index < -0.39 is 20.0 Å². The van der Waals surface area contributed by atoms with Crippen molar-refractivity contribution in [2.45, 2.75) is 289 Å². The summed E-state index contributed by atoms with van der Waals surface area (Å²) in [6.07, 6.45) is 55.2. The second-order valence-electron chi connectivity index (χ2n) is 20.3. The van der Waals surface area contributed by atoms with Crippen molar-refractivity contribution in [1.82, 2.24) is 5.32 Å². The summed E-state index contributed by atoms with van der Waals surface area (Å²) in [6, 6.07) is -0.800. The lowest BCUT2D eigenvalue weighted by molar-refractivity contribution is -0.870. The van der Waals surface area contributed by atoms with Gasteiger partial charge in [-0.25, -0.2) is 0 Å². The van der Waals surface area contributed by atoms with Crippen LogP contribution in [0.5, 0.6) is 0 Å². The molecule has 0 fully saturated rings. The van der Waals surface area contributed by atoms with Gasteiger partial charge in [0.1, 0.15) is 13.2 Å². The van der Waals surface area contributed by atoms with E-state index in [1.54, 1.807) is 0 Å². The van der Waals surface area contributed by atoms with Crippen LogP contribution in [0.1, 0.15) is 277 Å². The molecule has 63 heavy (non-hydrogen) atoms. The molecule has 0 rings (SSSR count). The predicted octanol–water partition coefficient (Wildman–Crippen LogP) is 15.6. The summed E-state index contributed by atoms with van der Waals surface area (Å²) in [4.78, 5) is 25.5. The van der Waals surface area contributed by atoms with Gasteiger partial charge in [0.25, 0.3) is 7.82 Å². The molecule has 0 radical (unpaired) electrons. The molecule has 8 nitrogen and oxygen atoms in total. The molecule has 0 aliphatic carbocycles. The number of phosphoric ester groups is 1. The monoisotopic (exact) mass is 913 g/mol. The average Bonchev–Trinajstić information content (AvgIpc) is 3.24. The van der Waals surface area contributed by atoms with Gasteiger partial charge in [0, 0.05) is 6.42 Å². The summed E-state index contributed by atoms with van der Waals surface area (Å²) in [7, 11) is 1.31. The van der Waals surface area contributed by atoms with E-state index in [0.717, 1.165) is 38.5 Å². The zero-order valence-corrected chi connectivity index (χ0v) is 43.7. The molecule has 3 unspecified atom stereocenters. The zero-order chi connectivity index (χ0) is 46.4. The van der Waals surface area contributed by atoms with Crippen LogP contribution in [0.2, 0.25) is 0 Å². The quantitative estimate of drug-likeness (QED) is 0.0272. The molecule has 2 N–H and O–H groups in total. The van der Waals surface area contributed by atoms with Crippen LogP contribution in [0.4, 0.5) is 0 Å². The molecule has 0 aliphatic rings. The number of unbranched alkanes of at least 4 members (excludes halogenated alkanes) is 36. The van der Waals surface area contributed by atoms with Crippen LogP contribution in [0.15, 0.2) is 12.2 Å². The molecular formula is C54H109N2O6P. The standard InChI is InChI=1S/C54H109N2O6P/c1-6-8-10-12-14-16-18-20-22-24-25-26-27-28-29-30-32-33-35-37-39-41-43-45-47-53(57)52(51-62-63(59,60)61-50-49-56(3,4)5)55-54(58)48-46-44-42-40-38-36-34-31-23-21-19-17-15-13-11-9-7-2/h21,23,52-53,57H,6-20,22,24-51H2,1-5H3,(H-,55,58,59,60)/b23-21-. The Morgan fingerprint density at radius 2 is 0.873 bits per heavy atom. The van der Waals surface area contributed by atoms with Crippen molar-refractivity contribution in [2.24, 2.45) is 0 Å². The molecule has 3 atom stereocenters. The largest absolute Gasteiger partial charge is 0.756 e. The Bertz CT molecular complexity index is 1040. The Kier molecular flexibility index (Phi) is 45.8. The zero-order valence-electron chi connectivity index (χ0n) is 42.8. The fourth-order valence-electron chi connectivity index (χ4n) is 8.39. The van der Waals surface area contributed by atoms with E-state index in [2.05, 4.69) is 31.3 Å². The summed E-state index contributed by atoms with van der Waals surface area (Å²) >= 11 is 0. The third-order valence-corrected chi connectivity index (χ3v) is 13.7. The van der Waals surface area contributed by atoms with E-state index in [-0.39, 0.29) is 19.1 Å². The maximum Gasteiger partial charge on any atom is 0.268 e. The number of phosphoric acid groups is 1. The number of rotatable bonds is 51. The fourth-order valence-corrected chi connectivity index (χ4v) is 9.11. The highest BCUT2D eigenvalue weighted by Gasteiger charge is 2.24. The van der Waals surface area contributed by atoms with Crippen LogP contribution in [-0.2, 0) is 18.4 Å². The first-order valence-corrected chi connectivity index (χ1v) is 29.0. The highest BCUT2D eigenvalue weighted by atomic mass is 31.2. The first-order valence-electron chi connectivity index (χ1n) is 27.5. The lowest BCUT2D eigenvalue weighted by Crippen LogP contribution is -2.46. The molecular weight excluding hydrogens is 804 g/mol. The van der Waals surface area contributed by atoms with E-state index in [0.29, 0.717) is 23.9 Å². The molecule has 0 aromatic heterocycles. The van der Waals surface area contributed by atoms with Crippen molar-refractivity contribution in [2.75, 3.05) is 40.9 Å². The summed E-state index contributed by atoms with van der Waals surface area (Å²) in [5.74, 6) is -0.165. The lowest BCUT2D eigenvalue weighted by Gasteiger charge is -2.30. The van der Waals surface area contributed by atoms with Gasteiger partial charge >= 0.3 is 0 Å². The Hall–Kier alpha value is -0.760. The minimum absolute atomic E-state index is 0.0136. The van der Waals surface area contributed by atoms with E-state index in [1.165, 1.54) is 212 Å². The normalized spacial score (nSPS) is 14.1. The molecule has 0 heterocycles. The van der Waals surface area contributed by atoms with Gasteiger partial charge in [0.2, 0.25) is 5.91 Å². The molecule has 376 valence electrons. The molecule has 9 heteroatoms. The topological polar surface area (TPSA) is 108 Å². The van der Waals surface area contributed by atoms with Crippen molar-refractivity contribution >= 4 is 13.7 Å². The predicted molar refractivity (Wildman–Crippen MR) is 270 cm³/mol. The number of nitrogens with zero attached hydrogens (tertiary/aromatic N) is 1. The number of likely N-dealkylation sites (N-methyl/N-ethyl adjacent to an activating group) is 1. The van der Waals surface area contributed by atoms with Crippen LogP contribution in [0.25, 0.3) is 0 Å². The van der Waals surface area contributed by atoms with E-state index in [1.807, 2.05) is 21.1 Å². The summed E-state index contributed by atoms with van der Waals surface area (Å²) in [5, 5.41) is 14.0. The smallest absolute Gasteiger partial charge is 0.268 e. The number of aliphatic hydroxyl groups is 1. The maximum atomic E-state index is 12.9. The summed E-state index contributed by atoms with van der Waals surface area (Å²) in [5.41, 5.74) is 0. The van der Waals surface area contributed by atoms with Gasteiger partial charge in [0.15, 0.2) is 0 Å². The molecule has 0 spiro atoms. The van der Waals surface area contributed by atoms with Crippen LogP contribution in [0.3, 0.4) is 0 Å². The van der Waals surface area contributed by atoms with E-state index in [9.17, 15) is 19.4 Å². The number of aliphatic hydroxyl groups excluding tert-OH is 1. The molecule has 0 saturated heterocycles. The van der Waals surface area contributed by atoms with Gasteiger partial charge in [-0.2, -0.15) is 0 Å². The van der Waals surface area contributed by atoms with Crippen molar-refractivity contribution in [3.05, 3.63) is 12.2 Å².